The molecule has 7 nitrogen and oxygen atoms in total. The van der Waals surface area contributed by atoms with Gasteiger partial charge in [0.2, 0.25) is 5.91 Å². The van der Waals surface area contributed by atoms with Crippen LogP contribution >= 0.6 is 11.8 Å². The molecule has 2 aliphatic heterocycles. The Morgan fingerprint density at radius 1 is 1.03 bits per heavy atom. The van der Waals surface area contributed by atoms with Crippen molar-refractivity contribution < 1.29 is 19.0 Å². The van der Waals surface area contributed by atoms with Gasteiger partial charge in [-0.1, -0.05) is 17.8 Å². The van der Waals surface area contributed by atoms with Crippen molar-refractivity contribution in [1.82, 2.24) is 4.90 Å². The SMILES string of the molecule is COc1ccc(CCN2C(=O)CSC2=Nc2ccc(N3C[C@H](C)O[C@@H](C)C3)cc2)cc1OC. The minimum absolute atomic E-state index is 0.0899. The van der Waals surface area contributed by atoms with Crippen LogP contribution in [0.2, 0.25) is 0 Å². The van der Waals surface area contributed by atoms with E-state index in [9.17, 15) is 4.79 Å². The fraction of sp³-hybridized carbons (Fsp3) is 0.440. The fourth-order valence-electron chi connectivity index (χ4n) is 4.22. The molecular formula is C25H31N3O4S. The van der Waals surface area contributed by atoms with E-state index in [1.54, 1.807) is 19.1 Å². The summed E-state index contributed by atoms with van der Waals surface area (Å²) in [6.45, 7) is 6.54. The second-order valence-electron chi connectivity index (χ2n) is 8.35. The van der Waals surface area contributed by atoms with Crippen LogP contribution in [0.15, 0.2) is 47.5 Å². The lowest BCUT2D eigenvalue weighted by atomic mass is 10.1. The Labute approximate surface area is 199 Å². The number of nitrogens with zero attached hydrogens (tertiary/aromatic N) is 3. The van der Waals surface area contributed by atoms with Crippen molar-refractivity contribution in [3.63, 3.8) is 0 Å². The van der Waals surface area contributed by atoms with Gasteiger partial charge in [0.05, 0.1) is 37.9 Å². The smallest absolute Gasteiger partial charge is 0.239 e. The quantitative estimate of drug-likeness (QED) is 0.608. The zero-order chi connectivity index (χ0) is 23.4. The predicted octanol–water partition coefficient (Wildman–Crippen LogP) is 4.12. The van der Waals surface area contributed by atoms with Crippen LogP contribution in [0.5, 0.6) is 11.5 Å². The number of aliphatic imine (C=N–C) groups is 1. The molecule has 0 saturated carbocycles. The molecule has 0 aromatic heterocycles. The van der Waals surface area contributed by atoms with Crippen LogP contribution in [0.3, 0.4) is 0 Å². The molecule has 8 heteroatoms. The fourth-order valence-corrected chi connectivity index (χ4v) is 5.14. The molecular weight excluding hydrogens is 438 g/mol. The maximum absolute atomic E-state index is 12.5. The average molecular weight is 470 g/mol. The van der Waals surface area contributed by atoms with Gasteiger partial charge in [-0.15, -0.1) is 0 Å². The first-order chi connectivity index (χ1) is 16.0. The van der Waals surface area contributed by atoms with Crippen molar-refractivity contribution in [1.29, 1.82) is 0 Å². The molecule has 2 saturated heterocycles. The normalized spacial score (nSPS) is 22.2. The monoisotopic (exact) mass is 469 g/mol. The van der Waals surface area contributed by atoms with E-state index in [1.165, 1.54) is 17.4 Å². The zero-order valence-corrected chi connectivity index (χ0v) is 20.4. The maximum atomic E-state index is 12.5. The molecule has 2 heterocycles. The number of hydrogen-bond donors (Lipinski definition) is 0. The van der Waals surface area contributed by atoms with Crippen LogP contribution in [-0.4, -0.2) is 67.8 Å². The van der Waals surface area contributed by atoms with Crippen LogP contribution in [0.25, 0.3) is 0 Å². The number of anilines is 1. The van der Waals surface area contributed by atoms with E-state index in [0.717, 1.165) is 29.5 Å². The highest BCUT2D eigenvalue weighted by Gasteiger charge is 2.28. The van der Waals surface area contributed by atoms with Gasteiger partial charge < -0.3 is 19.1 Å². The van der Waals surface area contributed by atoms with Gasteiger partial charge >= 0.3 is 0 Å². The third-order valence-corrected chi connectivity index (χ3v) is 6.75. The van der Waals surface area contributed by atoms with Crippen LogP contribution in [-0.2, 0) is 16.0 Å². The number of carbonyl (C=O) groups excluding carboxylic acids is 1. The highest BCUT2D eigenvalue weighted by atomic mass is 32.2. The van der Waals surface area contributed by atoms with Gasteiger partial charge in [0.15, 0.2) is 16.7 Å². The Morgan fingerprint density at radius 2 is 1.73 bits per heavy atom. The standard InChI is InChI=1S/C25H31N3O4S/c1-17-14-27(15-18(2)32-17)21-8-6-20(7-9-21)26-25-28(24(29)16-33-25)12-11-19-5-10-22(30-3)23(13-19)31-4/h5-10,13,17-18H,11-12,14-16H2,1-4H3/t17-,18-/m0/s1. The van der Waals surface area contributed by atoms with Gasteiger partial charge in [-0.25, -0.2) is 4.99 Å². The molecule has 0 spiro atoms. The van der Waals surface area contributed by atoms with Gasteiger partial charge in [0, 0.05) is 25.3 Å². The van der Waals surface area contributed by atoms with E-state index in [4.69, 9.17) is 19.2 Å². The molecule has 4 rings (SSSR count). The molecule has 176 valence electrons. The van der Waals surface area contributed by atoms with Gasteiger partial charge in [-0.05, 0) is 62.2 Å². The molecule has 0 N–H and O–H groups in total. The molecule has 33 heavy (non-hydrogen) atoms. The maximum Gasteiger partial charge on any atom is 0.239 e. The lowest BCUT2D eigenvalue weighted by Gasteiger charge is -2.36. The third kappa shape index (κ3) is 5.62. The molecule has 0 aliphatic carbocycles. The summed E-state index contributed by atoms with van der Waals surface area (Å²) in [5.41, 5.74) is 3.10. The third-order valence-electron chi connectivity index (χ3n) is 5.79. The Morgan fingerprint density at radius 3 is 2.39 bits per heavy atom. The van der Waals surface area contributed by atoms with Crippen LogP contribution in [0.1, 0.15) is 19.4 Å². The summed E-state index contributed by atoms with van der Waals surface area (Å²) in [6.07, 6.45) is 1.14. The van der Waals surface area contributed by atoms with Crippen LogP contribution in [0.4, 0.5) is 11.4 Å². The van der Waals surface area contributed by atoms with Crippen molar-refractivity contribution in [2.75, 3.05) is 44.5 Å². The topological polar surface area (TPSA) is 63.6 Å². The molecule has 2 aromatic carbocycles. The second-order valence-corrected chi connectivity index (χ2v) is 9.29. The number of ether oxygens (including phenoxy) is 3. The Hall–Kier alpha value is -2.71. The van der Waals surface area contributed by atoms with E-state index < -0.39 is 0 Å². The summed E-state index contributed by atoms with van der Waals surface area (Å²) in [4.78, 5) is 21.4. The van der Waals surface area contributed by atoms with Crippen LogP contribution < -0.4 is 14.4 Å². The number of amidine groups is 1. The van der Waals surface area contributed by atoms with Crippen molar-refractivity contribution in [3.05, 3.63) is 48.0 Å². The number of hydrogen-bond acceptors (Lipinski definition) is 7. The Kier molecular flexibility index (Phi) is 7.45. The lowest BCUT2D eigenvalue weighted by molar-refractivity contribution is -0.124. The zero-order valence-electron chi connectivity index (χ0n) is 19.6. The number of carbonyl (C=O) groups is 1. The molecule has 0 radical (unpaired) electrons. The number of morpholine rings is 1. The van der Waals surface area contributed by atoms with Gasteiger partial charge in [-0.2, -0.15) is 0 Å². The van der Waals surface area contributed by atoms with Crippen molar-refractivity contribution >= 4 is 34.2 Å². The number of benzene rings is 2. The first-order valence-corrected chi connectivity index (χ1v) is 12.2. The molecule has 0 unspecified atom stereocenters. The van der Waals surface area contributed by atoms with E-state index in [2.05, 4.69) is 30.9 Å². The van der Waals surface area contributed by atoms with Gasteiger partial charge in [0.25, 0.3) is 0 Å². The van der Waals surface area contributed by atoms with Gasteiger partial charge in [0.1, 0.15) is 0 Å². The van der Waals surface area contributed by atoms with Crippen molar-refractivity contribution in [3.8, 4) is 11.5 Å². The first-order valence-electron chi connectivity index (χ1n) is 11.2. The summed E-state index contributed by atoms with van der Waals surface area (Å²) in [5.74, 6) is 1.90. The van der Waals surface area contributed by atoms with E-state index in [1.807, 2.05) is 30.3 Å². The highest BCUT2D eigenvalue weighted by molar-refractivity contribution is 8.15. The molecule has 2 fully saturated rings. The Bertz CT molecular complexity index is 1000. The summed E-state index contributed by atoms with van der Waals surface area (Å²) in [7, 11) is 3.24. The Balaban J connectivity index is 1.43. The molecule has 1 amide bonds. The van der Waals surface area contributed by atoms with Crippen molar-refractivity contribution in [2.45, 2.75) is 32.5 Å². The summed E-state index contributed by atoms with van der Waals surface area (Å²) >= 11 is 1.49. The van der Waals surface area contributed by atoms with E-state index in [0.29, 0.717) is 30.2 Å². The summed E-state index contributed by atoms with van der Waals surface area (Å²) in [5, 5.41) is 0.752. The first kappa shape index (κ1) is 23.4. The van der Waals surface area contributed by atoms with Crippen molar-refractivity contribution in [2.24, 2.45) is 4.99 Å². The minimum Gasteiger partial charge on any atom is -0.493 e. The molecule has 2 atom stereocenters. The highest BCUT2D eigenvalue weighted by Crippen LogP contribution is 2.29. The number of methoxy groups -OCH3 is 2. The lowest BCUT2D eigenvalue weighted by Crippen LogP contribution is -2.45. The second kappa shape index (κ2) is 10.5. The number of amides is 1. The largest absolute Gasteiger partial charge is 0.493 e. The van der Waals surface area contributed by atoms with E-state index in [-0.39, 0.29) is 18.1 Å². The minimum atomic E-state index is 0.0899. The molecule has 2 aromatic rings. The van der Waals surface area contributed by atoms with E-state index >= 15 is 0 Å². The summed E-state index contributed by atoms with van der Waals surface area (Å²) in [6, 6.07) is 14.1. The van der Waals surface area contributed by atoms with Crippen LogP contribution in [0, 0.1) is 0 Å². The van der Waals surface area contributed by atoms with Gasteiger partial charge in [-0.3, -0.25) is 9.69 Å². The molecule has 2 aliphatic rings. The number of rotatable bonds is 7. The number of thioether (sulfide) groups is 1. The summed E-state index contributed by atoms with van der Waals surface area (Å²) < 4.78 is 16.5. The molecule has 0 bridgehead atoms. The predicted molar refractivity (Wildman–Crippen MR) is 133 cm³/mol. The average Bonchev–Trinajstić information content (AvgIpc) is 3.16.